The van der Waals surface area contributed by atoms with Crippen molar-refractivity contribution in [1.29, 1.82) is 0 Å². The van der Waals surface area contributed by atoms with E-state index in [1.807, 2.05) is 30.3 Å². The van der Waals surface area contributed by atoms with Gasteiger partial charge in [0, 0.05) is 16.7 Å². The lowest BCUT2D eigenvalue weighted by molar-refractivity contribution is 0.102. The van der Waals surface area contributed by atoms with Crippen molar-refractivity contribution in [3.05, 3.63) is 65.4 Å². The van der Waals surface area contributed by atoms with Gasteiger partial charge in [0.05, 0.1) is 11.9 Å². The van der Waals surface area contributed by atoms with Crippen LogP contribution in [0.4, 0.5) is 11.4 Å². The number of halogens is 1. The summed E-state index contributed by atoms with van der Waals surface area (Å²) in [5, 5.41) is 5.89. The summed E-state index contributed by atoms with van der Waals surface area (Å²) in [5.74, 6) is -0.238. The van der Waals surface area contributed by atoms with Gasteiger partial charge in [-0.25, -0.2) is 4.98 Å². The van der Waals surface area contributed by atoms with Crippen LogP contribution in [0.2, 0.25) is 0 Å². The summed E-state index contributed by atoms with van der Waals surface area (Å²) in [6.45, 7) is 4.28. The minimum absolute atomic E-state index is 0.238. The molecule has 1 heterocycles. The van der Waals surface area contributed by atoms with E-state index < -0.39 is 0 Å². The molecule has 1 amide bonds. The van der Waals surface area contributed by atoms with E-state index in [4.69, 9.17) is 0 Å². The van der Waals surface area contributed by atoms with Crippen LogP contribution in [0.15, 0.2) is 59.7 Å². The van der Waals surface area contributed by atoms with Gasteiger partial charge in [0.15, 0.2) is 0 Å². The molecule has 0 aliphatic carbocycles. The average molecular weight is 332 g/mol. The molecule has 1 aromatic carbocycles. The van der Waals surface area contributed by atoms with Gasteiger partial charge >= 0.3 is 0 Å². The Morgan fingerprint density at radius 3 is 2.80 bits per heavy atom. The lowest BCUT2D eigenvalue weighted by atomic mass is 10.3. The Morgan fingerprint density at radius 2 is 2.15 bits per heavy atom. The third-order valence-corrected chi connectivity index (χ3v) is 3.02. The minimum Gasteiger partial charge on any atom is -0.380 e. The molecule has 0 saturated carbocycles. The van der Waals surface area contributed by atoms with E-state index in [0.29, 0.717) is 12.2 Å². The largest absolute Gasteiger partial charge is 0.380 e. The first-order valence-electron chi connectivity index (χ1n) is 6.07. The van der Waals surface area contributed by atoms with E-state index in [1.165, 1.54) is 0 Å². The van der Waals surface area contributed by atoms with Gasteiger partial charge in [-0.1, -0.05) is 28.1 Å². The van der Waals surface area contributed by atoms with Crippen LogP contribution in [-0.4, -0.2) is 17.4 Å². The van der Waals surface area contributed by atoms with Crippen LogP contribution >= 0.6 is 15.9 Å². The van der Waals surface area contributed by atoms with Gasteiger partial charge in [0.2, 0.25) is 0 Å². The van der Waals surface area contributed by atoms with Crippen molar-refractivity contribution in [3.63, 3.8) is 0 Å². The smallest absolute Gasteiger partial charge is 0.274 e. The fraction of sp³-hybridized carbons (Fsp3) is 0.0667. The molecule has 0 unspecified atom stereocenters. The molecule has 4 nitrogen and oxygen atoms in total. The van der Waals surface area contributed by atoms with Gasteiger partial charge in [0.25, 0.3) is 5.91 Å². The second kappa shape index (κ2) is 6.86. The molecule has 0 fully saturated rings. The third kappa shape index (κ3) is 3.93. The number of anilines is 2. The van der Waals surface area contributed by atoms with E-state index in [1.54, 1.807) is 18.3 Å². The van der Waals surface area contributed by atoms with Crippen molar-refractivity contribution in [1.82, 2.24) is 4.98 Å². The Labute approximate surface area is 126 Å². The molecular formula is C15H14BrN3O. The van der Waals surface area contributed by atoms with Crippen molar-refractivity contribution in [2.45, 2.75) is 0 Å². The van der Waals surface area contributed by atoms with Crippen molar-refractivity contribution < 1.29 is 4.79 Å². The van der Waals surface area contributed by atoms with Crippen LogP contribution in [0.1, 0.15) is 10.5 Å². The normalized spacial score (nSPS) is 9.85. The molecule has 1 aromatic heterocycles. The van der Waals surface area contributed by atoms with E-state index in [-0.39, 0.29) is 5.91 Å². The molecule has 5 heteroatoms. The first kappa shape index (κ1) is 14.3. The maximum atomic E-state index is 12.0. The number of nitrogens with zero attached hydrogens (tertiary/aromatic N) is 1. The summed E-state index contributed by atoms with van der Waals surface area (Å²) < 4.78 is 0.909. The van der Waals surface area contributed by atoms with Gasteiger partial charge in [0.1, 0.15) is 5.69 Å². The second-order valence-corrected chi connectivity index (χ2v) is 4.98. The molecule has 102 valence electrons. The van der Waals surface area contributed by atoms with E-state index in [2.05, 4.69) is 38.1 Å². The van der Waals surface area contributed by atoms with Crippen LogP contribution in [0, 0.1) is 0 Å². The molecule has 0 bridgehead atoms. The number of rotatable bonds is 5. The number of hydrogen-bond acceptors (Lipinski definition) is 3. The molecule has 20 heavy (non-hydrogen) atoms. The van der Waals surface area contributed by atoms with Gasteiger partial charge < -0.3 is 10.6 Å². The number of benzene rings is 1. The number of hydrogen-bond donors (Lipinski definition) is 2. The number of carbonyl (C=O) groups excluding carboxylic acids is 1. The highest BCUT2D eigenvalue weighted by molar-refractivity contribution is 9.10. The van der Waals surface area contributed by atoms with Gasteiger partial charge in [-0.2, -0.15) is 0 Å². The van der Waals surface area contributed by atoms with Gasteiger partial charge in [-0.3, -0.25) is 4.79 Å². The number of amides is 1. The zero-order valence-electron chi connectivity index (χ0n) is 10.8. The highest BCUT2D eigenvalue weighted by Crippen LogP contribution is 2.16. The van der Waals surface area contributed by atoms with Crippen molar-refractivity contribution >= 4 is 33.2 Å². The quantitative estimate of drug-likeness (QED) is 0.821. The molecule has 0 aliphatic heterocycles. The highest BCUT2D eigenvalue weighted by atomic mass is 79.9. The summed E-state index contributed by atoms with van der Waals surface area (Å²) in [5.41, 5.74) is 1.94. The summed E-state index contributed by atoms with van der Waals surface area (Å²) in [7, 11) is 0. The number of carbonyl (C=O) groups is 1. The summed E-state index contributed by atoms with van der Waals surface area (Å²) >= 11 is 3.36. The standard InChI is InChI=1S/C15H14BrN3O/c1-2-8-17-13-6-7-14(18-10-13)15(20)19-12-5-3-4-11(16)9-12/h2-7,9-10,17H,1,8H2,(H,19,20). The molecule has 0 atom stereocenters. The lowest BCUT2D eigenvalue weighted by Crippen LogP contribution is -2.13. The molecule has 0 saturated heterocycles. The van der Waals surface area contributed by atoms with Crippen LogP contribution in [0.5, 0.6) is 0 Å². The zero-order valence-corrected chi connectivity index (χ0v) is 12.4. The molecule has 2 rings (SSSR count). The molecular weight excluding hydrogens is 318 g/mol. The first-order valence-corrected chi connectivity index (χ1v) is 6.86. The summed E-state index contributed by atoms with van der Waals surface area (Å²) in [6, 6.07) is 10.9. The first-order chi connectivity index (χ1) is 9.69. The predicted molar refractivity (Wildman–Crippen MR) is 85.0 cm³/mol. The summed E-state index contributed by atoms with van der Waals surface area (Å²) in [6.07, 6.45) is 3.38. The van der Waals surface area contributed by atoms with Crippen LogP contribution in [-0.2, 0) is 0 Å². The predicted octanol–water partition coefficient (Wildman–Crippen LogP) is 3.69. The average Bonchev–Trinajstić information content (AvgIpc) is 2.45. The Hall–Kier alpha value is -2.14. The monoisotopic (exact) mass is 331 g/mol. The lowest BCUT2D eigenvalue weighted by Gasteiger charge is -2.06. The van der Waals surface area contributed by atoms with Crippen LogP contribution < -0.4 is 10.6 Å². The van der Waals surface area contributed by atoms with E-state index in [0.717, 1.165) is 15.8 Å². The highest BCUT2D eigenvalue weighted by Gasteiger charge is 2.07. The molecule has 0 aliphatic rings. The van der Waals surface area contributed by atoms with Crippen LogP contribution in [0.25, 0.3) is 0 Å². The Kier molecular flexibility index (Phi) is 4.90. The van der Waals surface area contributed by atoms with Crippen molar-refractivity contribution in [2.24, 2.45) is 0 Å². The fourth-order valence-corrected chi connectivity index (χ4v) is 1.98. The molecule has 0 spiro atoms. The van der Waals surface area contributed by atoms with Gasteiger partial charge in [-0.15, -0.1) is 6.58 Å². The number of nitrogens with one attached hydrogen (secondary N) is 2. The third-order valence-electron chi connectivity index (χ3n) is 2.53. The second-order valence-electron chi connectivity index (χ2n) is 4.07. The molecule has 0 radical (unpaired) electrons. The number of aromatic nitrogens is 1. The Morgan fingerprint density at radius 1 is 1.30 bits per heavy atom. The van der Waals surface area contributed by atoms with E-state index in [9.17, 15) is 4.79 Å². The molecule has 2 N–H and O–H groups in total. The summed E-state index contributed by atoms with van der Waals surface area (Å²) in [4.78, 5) is 16.2. The fourth-order valence-electron chi connectivity index (χ4n) is 1.58. The van der Waals surface area contributed by atoms with E-state index >= 15 is 0 Å². The van der Waals surface area contributed by atoms with Crippen LogP contribution in [0.3, 0.4) is 0 Å². The van der Waals surface area contributed by atoms with Crippen molar-refractivity contribution in [2.75, 3.05) is 17.2 Å². The minimum atomic E-state index is -0.238. The Balaban J connectivity index is 2.03. The maximum Gasteiger partial charge on any atom is 0.274 e. The zero-order chi connectivity index (χ0) is 14.4. The topological polar surface area (TPSA) is 54.0 Å². The number of pyridine rings is 1. The van der Waals surface area contributed by atoms with Gasteiger partial charge in [-0.05, 0) is 30.3 Å². The molecule has 2 aromatic rings. The van der Waals surface area contributed by atoms with Crippen molar-refractivity contribution in [3.8, 4) is 0 Å². The maximum absolute atomic E-state index is 12.0. The Bertz CT molecular complexity index is 611. The SMILES string of the molecule is C=CCNc1ccc(C(=O)Nc2cccc(Br)c2)nc1.